The number of nitrogens with one attached hydrogen (secondary N) is 1. The van der Waals surface area contributed by atoms with E-state index in [0.29, 0.717) is 12.2 Å². The van der Waals surface area contributed by atoms with Gasteiger partial charge in [-0.3, -0.25) is 9.20 Å². The van der Waals surface area contributed by atoms with E-state index in [1.807, 2.05) is 22.9 Å². The Morgan fingerprint density at radius 2 is 2.17 bits per heavy atom. The standard InChI is InChI=1S/C18H27N5O/c1-2-15(16-14-23-13-7-9-19-18(23)21-16)20-17(24)8-6-12-22-10-4-3-5-11-22/h7,9,13-15H,2-6,8,10-12H2,1H3,(H,20,24)/t15-/m1/s1. The van der Waals surface area contributed by atoms with E-state index in [9.17, 15) is 4.79 Å². The Labute approximate surface area is 143 Å². The summed E-state index contributed by atoms with van der Waals surface area (Å²) in [4.78, 5) is 23.5. The number of fused-ring (bicyclic) bond motifs is 1. The van der Waals surface area contributed by atoms with E-state index in [2.05, 4.69) is 27.1 Å². The van der Waals surface area contributed by atoms with Gasteiger partial charge in [0.15, 0.2) is 0 Å². The van der Waals surface area contributed by atoms with Crippen LogP contribution >= 0.6 is 0 Å². The molecule has 1 aliphatic heterocycles. The van der Waals surface area contributed by atoms with Gasteiger partial charge in [-0.25, -0.2) is 9.97 Å². The van der Waals surface area contributed by atoms with Crippen LogP contribution in [0.4, 0.5) is 0 Å². The number of hydrogen-bond acceptors (Lipinski definition) is 4. The second-order valence-corrected chi connectivity index (χ2v) is 6.53. The van der Waals surface area contributed by atoms with Crippen LogP contribution in [-0.4, -0.2) is 44.8 Å². The number of imidazole rings is 1. The summed E-state index contributed by atoms with van der Waals surface area (Å²) in [7, 11) is 0. The van der Waals surface area contributed by atoms with E-state index in [1.54, 1.807) is 6.20 Å². The van der Waals surface area contributed by atoms with Gasteiger partial charge in [0.25, 0.3) is 0 Å². The molecule has 2 aromatic rings. The molecule has 6 nitrogen and oxygen atoms in total. The van der Waals surface area contributed by atoms with Crippen LogP contribution in [0.2, 0.25) is 0 Å². The zero-order chi connectivity index (χ0) is 16.8. The molecule has 0 aliphatic carbocycles. The molecule has 130 valence electrons. The van der Waals surface area contributed by atoms with Gasteiger partial charge in [-0.05, 0) is 51.4 Å². The van der Waals surface area contributed by atoms with Gasteiger partial charge in [0.1, 0.15) is 0 Å². The Bertz CT molecular complexity index is 629. The maximum atomic E-state index is 12.3. The number of likely N-dealkylation sites (tertiary alicyclic amines) is 1. The van der Waals surface area contributed by atoms with Crippen LogP contribution in [0.15, 0.2) is 24.7 Å². The third-order valence-corrected chi connectivity index (χ3v) is 4.68. The first-order valence-corrected chi connectivity index (χ1v) is 9.07. The van der Waals surface area contributed by atoms with E-state index in [1.165, 1.54) is 32.4 Å². The predicted octanol–water partition coefficient (Wildman–Crippen LogP) is 2.56. The summed E-state index contributed by atoms with van der Waals surface area (Å²) in [5, 5.41) is 3.12. The molecule has 1 N–H and O–H groups in total. The van der Waals surface area contributed by atoms with E-state index < -0.39 is 0 Å². The average Bonchev–Trinajstić information content (AvgIpc) is 3.04. The van der Waals surface area contributed by atoms with Gasteiger partial charge in [-0.2, -0.15) is 0 Å². The van der Waals surface area contributed by atoms with Crippen molar-refractivity contribution in [1.82, 2.24) is 24.6 Å². The van der Waals surface area contributed by atoms with E-state index >= 15 is 0 Å². The Morgan fingerprint density at radius 1 is 1.33 bits per heavy atom. The summed E-state index contributed by atoms with van der Waals surface area (Å²) < 4.78 is 1.89. The minimum absolute atomic E-state index is 0.0470. The SMILES string of the molecule is CC[C@@H](NC(=O)CCCN1CCCCC1)c1cn2cccnc2n1. The summed E-state index contributed by atoms with van der Waals surface area (Å²) in [5.41, 5.74) is 0.876. The first kappa shape index (κ1) is 16.9. The number of rotatable bonds is 7. The summed E-state index contributed by atoms with van der Waals surface area (Å²) in [6.07, 6.45) is 11.9. The Kier molecular flexibility index (Phi) is 5.80. The van der Waals surface area contributed by atoms with Crippen LogP contribution in [0.1, 0.15) is 57.2 Å². The monoisotopic (exact) mass is 329 g/mol. The fourth-order valence-corrected chi connectivity index (χ4v) is 3.31. The summed E-state index contributed by atoms with van der Waals surface area (Å²) >= 11 is 0. The van der Waals surface area contributed by atoms with Gasteiger partial charge in [-0.1, -0.05) is 13.3 Å². The highest BCUT2D eigenvalue weighted by Crippen LogP contribution is 2.16. The fourth-order valence-electron chi connectivity index (χ4n) is 3.31. The molecule has 3 heterocycles. The number of nitrogens with zero attached hydrogens (tertiary/aromatic N) is 4. The molecule has 3 rings (SSSR count). The molecule has 1 aliphatic rings. The van der Waals surface area contributed by atoms with Crippen LogP contribution in [0.5, 0.6) is 0 Å². The molecule has 1 amide bonds. The lowest BCUT2D eigenvalue weighted by Crippen LogP contribution is -2.32. The van der Waals surface area contributed by atoms with Crippen molar-refractivity contribution in [2.75, 3.05) is 19.6 Å². The minimum Gasteiger partial charge on any atom is -0.348 e. The van der Waals surface area contributed by atoms with Crippen LogP contribution in [-0.2, 0) is 4.79 Å². The third-order valence-electron chi connectivity index (χ3n) is 4.68. The maximum absolute atomic E-state index is 12.3. The van der Waals surface area contributed by atoms with Crippen molar-refractivity contribution in [1.29, 1.82) is 0 Å². The molecule has 1 saturated heterocycles. The average molecular weight is 329 g/mol. The number of hydrogen-bond donors (Lipinski definition) is 1. The van der Waals surface area contributed by atoms with Gasteiger partial charge in [-0.15, -0.1) is 0 Å². The van der Waals surface area contributed by atoms with Crippen LogP contribution < -0.4 is 5.32 Å². The largest absolute Gasteiger partial charge is 0.348 e. The lowest BCUT2D eigenvalue weighted by molar-refractivity contribution is -0.122. The summed E-state index contributed by atoms with van der Waals surface area (Å²) in [6.45, 7) is 5.47. The summed E-state index contributed by atoms with van der Waals surface area (Å²) in [6, 6.07) is 1.83. The number of amides is 1. The second-order valence-electron chi connectivity index (χ2n) is 6.53. The Balaban J connectivity index is 1.49. The van der Waals surface area contributed by atoms with Crippen molar-refractivity contribution in [3.63, 3.8) is 0 Å². The highest BCUT2D eigenvalue weighted by molar-refractivity contribution is 5.76. The molecular formula is C18H27N5O. The van der Waals surface area contributed by atoms with Crippen LogP contribution in [0, 0.1) is 0 Å². The lowest BCUT2D eigenvalue weighted by Gasteiger charge is -2.26. The van der Waals surface area contributed by atoms with Crippen molar-refractivity contribution in [2.45, 2.75) is 51.5 Å². The molecule has 6 heteroatoms. The Morgan fingerprint density at radius 3 is 2.92 bits per heavy atom. The molecule has 1 atom stereocenters. The van der Waals surface area contributed by atoms with Crippen LogP contribution in [0.3, 0.4) is 0 Å². The molecule has 0 aromatic carbocycles. The predicted molar refractivity (Wildman–Crippen MR) is 93.7 cm³/mol. The van der Waals surface area contributed by atoms with Crippen molar-refractivity contribution in [3.8, 4) is 0 Å². The second kappa shape index (κ2) is 8.24. The smallest absolute Gasteiger partial charge is 0.233 e. The fraction of sp³-hybridized carbons (Fsp3) is 0.611. The summed E-state index contributed by atoms with van der Waals surface area (Å²) in [5.74, 6) is 0.786. The minimum atomic E-state index is -0.0470. The molecule has 0 saturated carbocycles. The van der Waals surface area contributed by atoms with Gasteiger partial charge >= 0.3 is 0 Å². The highest BCUT2D eigenvalue weighted by atomic mass is 16.1. The van der Waals surface area contributed by atoms with Gasteiger partial charge in [0.2, 0.25) is 11.7 Å². The normalized spacial score (nSPS) is 17.0. The molecule has 24 heavy (non-hydrogen) atoms. The lowest BCUT2D eigenvalue weighted by atomic mass is 10.1. The maximum Gasteiger partial charge on any atom is 0.233 e. The van der Waals surface area contributed by atoms with Gasteiger partial charge < -0.3 is 10.2 Å². The van der Waals surface area contributed by atoms with Crippen molar-refractivity contribution in [2.24, 2.45) is 0 Å². The number of piperidine rings is 1. The van der Waals surface area contributed by atoms with Crippen molar-refractivity contribution in [3.05, 3.63) is 30.4 Å². The molecule has 0 bridgehead atoms. The highest BCUT2D eigenvalue weighted by Gasteiger charge is 2.17. The van der Waals surface area contributed by atoms with Crippen molar-refractivity contribution >= 4 is 11.7 Å². The molecular weight excluding hydrogens is 302 g/mol. The quantitative estimate of drug-likeness (QED) is 0.848. The van der Waals surface area contributed by atoms with Crippen molar-refractivity contribution < 1.29 is 4.79 Å². The number of carbonyl (C=O) groups is 1. The van der Waals surface area contributed by atoms with E-state index in [0.717, 1.165) is 25.1 Å². The molecule has 1 fully saturated rings. The van der Waals surface area contributed by atoms with Crippen LogP contribution in [0.25, 0.3) is 5.78 Å². The molecule has 0 radical (unpaired) electrons. The third kappa shape index (κ3) is 4.32. The zero-order valence-electron chi connectivity index (χ0n) is 14.4. The zero-order valence-corrected chi connectivity index (χ0v) is 14.4. The molecule has 2 aromatic heterocycles. The number of carbonyl (C=O) groups excluding carboxylic acids is 1. The first-order chi connectivity index (χ1) is 11.8. The first-order valence-electron chi connectivity index (χ1n) is 9.07. The molecule has 0 spiro atoms. The van der Waals surface area contributed by atoms with Gasteiger partial charge in [0.05, 0.1) is 11.7 Å². The van der Waals surface area contributed by atoms with E-state index in [-0.39, 0.29) is 11.9 Å². The van der Waals surface area contributed by atoms with E-state index in [4.69, 9.17) is 0 Å². The Hall–Kier alpha value is -1.95. The van der Waals surface area contributed by atoms with Gasteiger partial charge in [0, 0.05) is 25.0 Å². The topological polar surface area (TPSA) is 62.5 Å². The number of aromatic nitrogens is 3. The molecule has 0 unspecified atom stereocenters.